The van der Waals surface area contributed by atoms with Crippen molar-refractivity contribution >= 4 is 5.97 Å². The summed E-state index contributed by atoms with van der Waals surface area (Å²) in [4.78, 5) is 15.7. The quantitative estimate of drug-likeness (QED) is 0.775. The molecule has 1 atom stereocenters. The van der Waals surface area contributed by atoms with Gasteiger partial charge in [0.15, 0.2) is 0 Å². The zero-order valence-corrected chi connectivity index (χ0v) is 13.5. The first-order valence-corrected chi connectivity index (χ1v) is 8.34. The Bertz CT molecular complexity index is 329. The highest BCUT2D eigenvalue weighted by Crippen LogP contribution is 2.24. The van der Waals surface area contributed by atoms with Crippen molar-refractivity contribution < 1.29 is 14.6 Å². The van der Waals surface area contributed by atoms with E-state index in [0.717, 1.165) is 45.6 Å². The van der Waals surface area contributed by atoms with Crippen LogP contribution >= 0.6 is 0 Å². The second-order valence-corrected chi connectivity index (χ2v) is 6.91. The van der Waals surface area contributed by atoms with E-state index in [1.54, 1.807) is 0 Å². The zero-order valence-electron chi connectivity index (χ0n) is 13.5. The molecule has 0 aromatic heterocycles. The first-order valence-electron chi connectivity index (χ1n) is 8.34. The first-order chi connectivity index (χ1) is 10.0. The Morgan fingerprint density at radius 1 is 1.38 bits per heavy atom. The average molecular weight is 298 g/mol. The SMILES string of the molecule is CC(C)CN1CCOC(CN(CC(=O)O)C2CCCC2)C1. The molecule has 5 nitrogen and oxygen atoms in total. The molecule has 1 N–H and O–H groups in total. The number of rotatable bonds is 7. The van der Waals surface area contributed by atoms with Crippen LogP contribution in [0.2, 0.25) is 0 Å². The van der Waals surface area contributed by atoms with Gasteiger partial charge in [-0.2, -0.15) is 0 Å². The monoisotopic (exact) mass is 298 g/mol. The smallest absolute Gasteiger partial charge is 0.317 e. The number of carboxylic acid groups (broad SMARTS) is 1. The lowest BCUT2D eigenvalue weighted by molar-refractivity contribution is -0.140. The number of hydrogen-bond donors (Lipinski definition) is 1. The van der Waals surface area contributed by atoms with Crippen LogP contribution in [0.25, 0.3) is 0 Å². The van der Waals surface area contributed by atoms with E-state index in [4.69, 9.17) is 9.84 Å². The maximum atomic E-state index is 11.1. The van der Waals surface area contributed by atoms with Crippen LogP contribution in [0.3, 0.4) is 0 Å². The van der Waals surface area contributed by atoms with Crippen molar-refractivity contribution in [3.8, 4) is 0 Å². The average Bonchev–Trinajstić information content (AvgIpc) is 2.90. The van der Waals surface area contributed by atoms with Gasteiger partial charge < -0.3 is 9.84 Å². The number of carbonyl (C=O) groups is 1. The van der Waals surface area contributed by atoms with E-state index in [9.17, 15) is 4.79 Å². The molecule has 0 aromatic carbocycles. The molecular weight excluding hydrogens is 268 g/mol. The van der Waals surface area contributed by atoms with Gasteiger partial charge in [0.1, 0.15) is 0 Å². The Labute approximate surface area is 128 Å². The highest BCUT2D eigenvalue weighted by molar-refractivity contribution is 5.69. The zero-order chi connectivity index (χ0) is 15.2. The summed E-state index contributed by atoms with van der Waals surface area (Å²) in [7, 11) is 0. The molecule has 1 heterocycles. The van der Waals surface area contributed by atoms with E-state index in [2.05, 4.69) is 23.6 Å². The molecule has 21 heavy (non-hydrogen) atoms. The Morgan fingerprint density at radius 3 is 2.71 bits per heavy atom. The normalized spacial score (nSPS) is 25.0. The van der Waals surface area contributed by atoms with Crippen molar-refractivity contribution in [2.75, 3.05) is 39.3 Å². The third kappa shape index (κ3) is 5.57. The molecule has 1 saturated heterocycles. The second kappa shape index (κ2) is 8.11. The molecule has 0 bridgehead atoms. The van der Waals surface area contributed by atoms with Crippen molar-refractivity contribution in [3.63, 3.8) is 0 Å². The molecule has 0 aromatic rings. The van der Waals surface area contributed by atoms with Gasteiger partial charge in [0.25, 0.3) is 0 Å². The van der Waals surface area contributed by atoms with E-state index >= 15 is 0 Å². The van der Waals surface area contributed by atoms with Crippen LogP contribution < -0.4 is 0 Å². The highest BCUT2D eigenvalue weighted by Gasteiger charge is 2.29. The predicted octanol–water partition coefficient (Wildman–Crippen LogP) is 1.67. The minimum atomic E-state index is -0.725. The molecule has 1 aliphatic carbocycles. The van der Waals surface area contributed by atoms with Gasteiger partial charge in [-0.1, -0.05) is 26.7 Å². The summed E-state index contributed by atoms with van der Waals surface area (Å²) >= 11 is 0. The third-order valence-corrected chi connectivity index (χ3v) is 4.46. The van der Waals surface area contributed by atoms with Gasteiger partial charge >= 0.3 is 5.97 Å². The van der Waals surface area contributed by atoms with E-state index in [-0.39, 0.29) is 12.6 Å². The van der Waals surface area contributed by atoms with Crippen molar-refractivity contribution in [1.82, 2.24) is 9.80 Å². The van der Waals surface area contributed by atoms with Crippen LogP contribution in [-0.4, -0.2) is 72.4 Å². The maximum absolute atomic E-state index is 11.1. The van der Waals surface area contributed by atoms with Gasteiger partial charge in [0, 0.05) is 32.2 Å². The van der Waals surface area contributed by atoms with Crippen LogP contribution in [0.1, 0.15) is 39.5 Å². The standard InChI is InChI=1S/C16H30N2O3/c1-13(2)9-17-7-8-21-15(10-17)11-18(12-16(19)20)14-5-3-4-6-14/h13-15H,3-12H2,1-2H3,(H,19,20). The fraction of sp³-hybridized carbons (Fsp3) is 0.938. The highest BCUT2D eigenvalue weighted by atomic mass is 16.5. The molecule has 2 rings (SSSR count). The van der Waals surface area contributed by atoms with E-state index in [0.29, 0.717) is 12.0 Å². The topological polar surface area (TPSA) is 53.0 Å². The maximum Gasteiger partial charge on any atom is 0.317 e. The van der Waals surface area contributed by atoms with Crippen molar-refractivity contribution in [2.45, 2.75) is 51.7 Å². The van der Waals surface area contributed by atoms with Crippen LogP contribution in [-0.2, 0) is 9.53 Å². The molecule has 0 spiro atoms. The van der Waals surface area contributed by atoms with Gasteiger partial charge in [-0.25, -0.2) is 0 Å². The Balaban J connectivity index is 1.87. The number of nitrogens with zero attached hydrogens (tertiary/aromatic N) is 2. The van der Waals surface area contributed by atoms with Crippen molar-refractivity contribution in [3.05, 3.63) is 0 Å². The summed E-state index contributed by atoms with van der Waals surface area (Å²) in [6.45, 7) is 9.17. The molecule has 5 heteroatoms. The van der Waals surface area contributed by atoms with Crippen LogP contribution in [0.5, 0.6) is 0 Å². The number of hydrogen-bond acceptors (Lipinski definition) is 4. The minimum Gasteiger partial charge on any atom is -0.480 e. The predicted molar refractivity (Wildman–Crippen MR) is 82.5 cm³/mol. The first kappa shape index (κ1) is 16.7. The Kier molecular flexibility index (Phi) is 6.45. The lowest BCUT2D eigenvalue weighted by Crippen LogP contribution is -2.51. The van der Waals surface area contributed by atoms with E-state index in [1.807, 2.05) is 0 Å². The molecular formula is C16H30N2O3. The summed E-state index contributed by atoms with van der Waals surface area (Å²) in [6, 6.07) is 0.435. The van der Waals surface area contributed by atoms with Gasteiger partial charge in [-0.15, -0.1) is 0 Å². The van der Waals surface area contributed by atoms with Crippen molar-refractivity contribution in [1.29, 1.82) is 0 Å². The van der Waals surface area contributed by atoms with Crippen LogP contribution in [0.4, 0.5) is 0 Å². The van der Waals surface area contributed by atoms with Gasteiger partial charge in [-0.3, -0.25) is 14.6 Å². The van der Waals surface area contributed by atoms with Crippen LogP contribution in [0.15, 0.2) is 0 Å². The minimum absolute atomic E-state index is 0.148. The van der Waals surface area contributed by atoms with Gasteiger partial charge in [0.2, 0.25) is 0 Å². The summed E-state index contributed by atoms with van der Waals surface area (Å²) in [5.41, 5.74) is 0. The number of carboxylic acids is 1. The van der Waals surface area contributed by atoms with Gasteiger partial charge in [0.05, 0.1) is 19.3 Å². The largest absolute Gasteiger partial charge is 0.480 e. The molecule has 0 radical (unpaired) electrons. The summed E-state index contributed by atoms with van der Waals surface area (Å²) in [5.74, 6) is -0.0644. The number of morpholine rings is 1. The lowest BCUT2D eigenvalue weighted by Gasteiger charge is -2.37. The lowest BCUT2D eigenvalue weighted by atomic mass is 10.1. The van der Waals surface area contributed by atoms with E-state index < -0.39 is 5.97 Å². The van der Waals surface area contributed by atoms with Gasteiger partial charge in [-0.05, 0) is 18.8 Å². The fourth-order valence-electron chi connectivity index (χ4n) is 3.62. The number of ether oxygens (including phenoxy) is 1. The summed E-state index contributed by atoms with van der Waals surface area (Å²) in [5, 5.41) is 9.15. The van der Waals surface area contributed by atoms with E-state index in [1.165, 1.54) is 12.8 Å². The molecule has 0 amide bonds. The summed E-state index contributed by atoms with van der Waals surface area (Å²) < 4.78 is 5.89. The molecule has 1 unspecified atom stereocenters. The molecule has 122 valence electrons. The fourth-order valence-corrected chi connectivity index (χ4v) is 3.62. The molecule has 1 saturated carbocycles. The van der Waals surface area contributed by atoms with Crippen LogP contribution in [0, 0.1) is 5.92 Å². The van der Waals surface area contributed by atoms with Crippen molar-refractivity contribution in [2.24, 2.45) is 5.92 Å². The Hall–Kier alpha value is -0.650. The second-order valence-electron chi connectivity index (χ2n) is 6.91. The molecule has 2 fully saturated rings. The third-order valence-electron chi connectivity index (χ3n) is 4.46. The molecule has 1 aliphatic heterocycles. The Morgan fingerprint density at radius 2 is 2.10 bits per heavy atom. The number of aliphatic carboxylic acids is 1. The summed E-state index contributed by atoms with van der Waals surface area (Å²) in [6.07, 6.45) is 4.88. The molecule has 2 aliphatic rings.